The van der Waals surface area contributed by atoms with E-state index in [9.17, 15) is 9.59 Å². The third-order valence-electron chi connectivity index (χ3n) is 2.87. The Bertz CT molecular complexity index is 715. The number of halogens is 2. The lowest BCUT2D eigenvalue weighted by atomic mass is 10.1. The first-order chi connectivity index (χ1) is 10.4. The van der Waals surface area contributed by atoms with E-state index < -0.39 is 17.9 Å². The van der Waals surface area contributed by atoms with Crippen molar-refractivity contribution in [3.8, 4) is 0 Å². The van der Waals surface area contributed by atoms with Crippen LogP contribution in [0.3, 0.4) is 0 Å². The molecule has 0 fully saturated rings. The van der Waals surface area contributed by atoms with Gasteiger partial charge >= 0.3 is 11.8 Å². The number of rotatable bonds is 3. The number of carbonyl (C=O) groups excluding carboxylic acids is 2. The first-order valence-corrected chi connectivity index (χ1v) is 7.12. The smallest absolute Gasteiger partial charge is 0.314 e. The van der Waals surface area contributed by atoms with Crippen molar-refractivity contribution in [2.24, 2.45) is 0 Å². The molecule has 2 rings (SSSR count). The van der Waals surface area contributed by atoms with Crippen molar-refractivity contribution in [2.75, 3.05) is 5.32 Å². The molecule has 0 bridgehead atoms. The molecule has 0 aliphatic heterocycles. The van der Waals surface area contributed by atoms with Crippen molar-refractivity contribution in [2.45, 2.75) is 19.9 Å². The van der Waals surface area contributed by atoms with E-state index in [1.54, 1.807) is 32.0 Å². The van der Waals surface area contributed by atoms with Gasteiger partial charge in [0.15, 0.2) is 5.82 Å². The Morgan fingerprint density at radius 2 is 1.91 bits per heavy atom. The summed E-state index contributed by atoms with van der Waals surface area (Å²) in [4.78, 5) is 23.6. The fourth-order valence-corrected chi connectivity index (χ4v) is 2.03. The number of benzene rings is 1. The number of aromatic nitrogens is 1. The zero-order valence-electron chi connectivity index (χ0n) is 11.8. The van der Waals surface area contributed by atoms with Crippen LogP contribution in [0, 0.1) is 6.92 Å². The van der Waals surface area contributed by atoms with Crippen molar-refractivity contribution in [3.63, 3.8) is 0 Å². The maximum atomic E-state index is 11.8. The molecule has 8 heteroatoms. The summed E-state index contributed by atoms with van der Waals surface area (Å²) >= 11 is 11.8. The number of anilines is 1. The lowest BCUT2D eigenvalue weighted by molar-refractivity contribution is -0.136. The highest BCUT2D eigenvalue weighted by Gasteiger charge is 2.18. The second kappa shape index (κ2) is 6.81. The second-order valence-electron chi connectivity index (χ2n) is 4.65. The van der Waals surface area contributed by atoms with Gasteiger partial charge in [-0.3, -0.25) is 14.9 Å². The van der Waals surface area contributed by atoms with E-state index in [2.05, 4.69) is 15.8 Å². The fraction of sp³-hybridized carbons (Fsp3) is 0.214. The van der Waals surface area contributed by atoms with Crippen LogP contribution in [0.25, 0.3) is 0 Å². The van der Waals surface area contributed by atoms with Crippen LogP contribution >= 0.6 is 23.2 Å². The van der Waals surface area contributed by atoms with Gasteiger partial charge in [0.1, 0.15) is 5.76 Å². The largest absolute Gasteiger partial charge is 0.360 e. The maximum Gasteiger partial charge on any atom is 0.314 e. The van der Waals surface area contributed by atoms with Gasteiger partial charge in [0.05, 0.1) is 16.1 Å². The van der Waals surface area contributed by atoms with Gasteiger partial charge in [0, 0.05) is 6.07 Å². The summed E-state index contributed by atoms with van der Waals surface area (Å²) in [5.74, 6) is -0.917. The lowest BCUT2D eigenvalue weighted by Crippen LogP contribution is -2.37. The molecule has 0 aliphatic rings. The van der Waals surface area contributed by atoms with Gasteiger partial charge in [0.25, 0.3) is 0 Å². The zero-order chi connectivity index (χ0) is 16.3. The maximum absolute atomic E-state index is 11.8. The average Bonchev–Trinajstić information content (AvgIpc) is 2.86. The molecule has 2 aromatic rings. The quantitative estimate of drug-likeness (QED) is 0.840. The summed E-state index contributed by atoms with van der Waals surface area (Å²) in [6, 6.07) is 6.08. The Balaban J connectivity index is 1.98. The molecule has 0 saturated heterocycles. The number of nitrogens with zero attached hydrogens (tertiary/aromatic N) is 1. The predicted octanol–water partition coefficient (Wildman–Crippen LogP) is 3.11. The monoisotopic (exact) mass is 341 g/mol. The zero-order valence-corrected chi connectivity index (χ0v) is 13.3. The summed E-state index contributed by atoms with van der Waals surface area (Å²) in [6.07, 6.45) is 0. The molecule has 1 heterocycles. The summed E-state index contributed by atoms with van der Waals surface area (Å²) in [5, 5.41) is 9.27. The summed E-state index contributed by atoms with van der Waals surface area (Å²) < 4.78 is 4.80. The van der Waals surface area contributed by atoms with Gasteiger partial charge < -0.3 is 9.84 Å². The van der Waals surface area contributed by atoms with E-state index in [0.717, 1.165) is 5.56 Å². The highest BCUT2D eigenvalue weighted by Crippen LogP contribution is 2.25. The van der Waals surface area contributed by atoms with E-state index in [0.29, 0.717) is 15.8 Å². The third kappa shape index (κ3) is 3.99. The van der Waals surface area contributed by atoms with Gasteiger partial charge in [-0.25, -0.2) is 0 Å². The molecule has 0 saturated carbocycles. The SMILES string of the molecule is Cc1cc(NC(=O)C(=O)NC(C)c2ccc(Cl)c(Cl)c2)no1. The molecule has 0 aliphatic carbocycles. The molecular formula is C14H13Cl2N3O3. The Morgan fingerprint density at radius 1 is 1.18 bits per heavy atom. The van der Waals surface area contributed by atoms with E-state index in [1.165, 1.54) is 6.07 Å². The molecule has 22 heavy (non-hydrogen) atoms. The minimum atomic E-state index is -0.833. The van der Waals surface area contributed by atoms with Crippen LogP contribution in [0.15, 0.2) is 28.8 Å². The fourth-order valence-electron chi connectivity index (χ4n) is 1.73. The van der Waals surface area contributed by atoms with Crippen LogP contribution in [-0.4, -0.2) is 17.0 Å². The number of amides is 2. The first-order valence-electron chi connectivity index (χ1n) is 6.37. The molecule has 1 aromatic heterocycles. The molecular weight excluding hydrogens is 329 g/mol. The van der Waals surface area contributed by atoms with Crippen molar-refractivity contribution in [3.05, 3.63) is 45.6 Å². The van der Waals surface area contributed by atoms with Crippen LogP contribution in [0.2, 0.25) is 10.0 Å². The minimum Gasteiger partial charge on any atom is -0.360 e. The molecule has 6 nitrogen and oxygen atoms in total. The molecule has 2 amide bonds. The minimum absolute atomic E-state index is 0.180. The molecule has 2 N–H and O–H groups in total. The average molecular weight is 342 g/mol. The number of hydrogen-bond donors (Lipinski definition) is 2. The van der Waals surface area contributed by atoms with Gasteiger partial charge in [-0.2, -0.15) is 0 Å². The third-order valence-corrected chi connectivity index (χ3v) is 3.61. The van der Waals surface area contributed by atoms with Gasteiger partial charge in [-0.15, -0.1) is 0 Å². The van der Waals surface area contributed by atoms with Crippen LogP contribution < -0.4 is 10.6 Å². The van der Waals surface area contributed by atoms with Crippen molar-refractivity contribution in [1.82, 2.24) is 10.5 Å². The highest BCUT2D eigenvalue weighted by molar-refractivity contribution is 6.42. The molecule has 1 aromatic carbocycles. The van der Waals surface area contributed by atoms with Crippen LogP contribution in [0.4, 0.5) is 5.82 Å². The number of carbonyl (C=O) groups is 2. The molecule has 0 spiro atoms. The normalized spacial score (nSPS) is 11.8. The molecule has 1 unspecified atom stereocenters. The lowest BCUT2D eigenvalue weighted by Gasteiger charge is -2.14. The first kappa shape index (κ1) is 16.3. The van der Waals surface area contributed by atoms with Crippen molar-refractivity contribution < 1.29 is 14.1 Å². The molecule has 116 valence electrons. The number of hydrogen-bond acceptors (Lipinski definition) is 4. The van der Waals surface area contributed by atoms with Crippen molar-refractivity contribution in [1.29, 1.82) is 0 Å². The topological polar surface area (TPSA) is 84.2 Å². The predicted molar refractivity (Wildman–Crippen MR) is 82.9 cm³/mol. The van der Waals surface area contributed by atoms with Crippen LogP contribution in [0.1, 0.15) is 24.3 Å². The Kier molecular flexibility index (Phi) is 5.05. The van der Waals surface area contributed by atoms with Crippen LogP contribution in [0.5, 0.6) is 0 Å². The van der Waals surface area contributed by atoms with Crippen molar-refractivity contribution >= 4 is 40.8 Å². The van der Waals surface area contributed by atoms with Gasteiger partial charge in [0.2, 0.25) is 0 Å². The molecule has 0 radical (unpaired) electrons. The van der Waals surface area contributed by atoms with E-state index in [4.69, 9.17) is 27.7 Å². The number of aryl methyl sites for hydroxylation is 1. The Labute approximate surface area is 136 Å². The van der Waals surface area contributed by atoms with E-state index in [1.807, 2.05) is 0 Å². The van der Waals surface area contributed by atoms with Gasteiger partial charge in [-0.05, 0) is 31.5 Å². The highest BCUT2D eigenvalue weighted by atomic mass is 35.5. The van der Waals surface area contributed by atoms with E-state index in [-0.39, 0.29) is 5.82 Å². The molecule has 1 atom stereocenters. The van der Waals surface area contributed by atoms with Crippen LogP contribution in [-0.2, 0) is 9.59 Å². The Hall–Kier alpha value is -2.05. The summed E-state index contributed by atoms with van der Waals surface area (Å²) in [7, 11) is 0. The summed E-state index contributed by atoms with van der Waals surface area (Å²) in [5.41, 5.74) is 0.729. The number of nitrogens with one attached hydrogen (secondary N) is 2. The van der Waals surface area contributed by atoms with E-state index >= 15 is 0 Å². The standard InChI is InChI=1S/C14H13Cl2N3O3/c1-7-5-12(19-22-7)18-14(21)13(20)17-8(2)9-3-4-10(15)11(16)6-9/h3-6,8H,1-2H3,(H,17,20)(H,18,19,21). The summed E-state index contributed by atoms with van der Waals surface area (Å²) in [6.45, 7) is 3.40. The van der Waals surface area contributed by atoms with Gasteiger partial charge in [-0.1, -0.05) is 34.4 Å². The second-order valence-corrected chi connectivity index (χ2v) is 5.46. The Morgan fingerprint density at radius 3 is 2.50 bits per heavy atom.